The molecule has 0 aliphatic heterocycles. The molecule has 0 saturated heterocycles. The minimum Gasteiger partial charge on any atom is -0.381 e. The van der Waals surface area contributed by atoms with Crippen molar-refractivity contribution in [1.29, 1.82) is 0 Å². The number of benzene rings is 2. The number of hydrogen-bond donors (Lipinski definition) is 1. The molecule has 0 heterocycles. The molecule has 0 amide bonds. The van der Waals surface area contributed by atoms with Crippen molar-refractivity contribution in [3.05, 3.63) is 64.2 Å². The smallest absolute Gasteiger partial charge is 0.0409 e. The summed E-state index contributed by atoms with van der Waals surface area (Å²) in [7, 11) is 0. The Balaban J connectivity index is 2.07. The molecule has 0 radical (unpaired) electrons. The molecule has 2 rings (SSSR count). The number of hydrogen-bond acceptors (Lipinski definition) is 1. The largest absolute Gasteiger partial charge is 0.381 e. The van der Waals surface area contributed by atoms with Crippen molar-refractivity contribution in [1.82, 2.24) is 0 Å². The summed E-state index contributed by atoms with van der Waals surface area (Å²) in [5.41, 5.74) is 4.90. The third-order valence-electron chi connectivity index (χ3n) is 2.61. The molecule has 0 aliphatic rings. The Morgan fingerprint density at radius 1 is 1.00 bits per heavy atom. The van der Waals surface area contributed by atoms with E-state index in [2.05, 4.69) is 43.4 Å². The van der Waals surface area contributed by atoms with Crippen LogP contribution in [0.4, 0.5) is 5.69 Å². The predicted octanol–water partition coefficient (Wildman–Crippen LogP) is 4.57. The van der Waals surface area contributed by atoms with Crippen LogP contribution in [-0.4, -0.2) is 0 Å². The minimum atomic E-state index is 0.782. The van der Waals surface area contributed by atoms with Gasteiger partial charge in [-0.2, -0.15) is 0 Å². The Morgan fingerprint density at radius 3 is 2.35 bits per heavy atom. The highest BCUT2D eigenvalue weighted by atomic mass is 35.5. The second-order valence-electron chi connectivity index (χ2n) is 4.36. The number of halogens is 1. The van der Waals surface area contributed by atoms with Gasteiger partial charge in [0.1, 0.15) is 0 Å². The van der Waals surface area contributed by atoms with Gasteiger partial charge in [-0.05, 0) is 54.8 Å². The standard InChI is InChI=1S/C15H16ClN/c1-11-6-12(2)8-15(7-11)17-10-13-4-3-5-14(16)9-13/h3-9,17H,10H2,1-2H3. The molecule has 2 heteroatoms. The Morgan fingerprint density at radius 2 is 1.71 bits per heavy atom. The first-order valence-electron chi connectivity index (χ1n) is 5.70. The molecule has 0 saturated carbocycles. The van der Waals surface area contributed by atoms with E-state index in [1.165, 1.54) is 16.7 Å². The molecule has 1 nitrogen and oxygen atoms in total. The minimum absolute atomic E-state index is 0.782. The predicted molar refractivity (Wildman–Crippen MR) is 74.7 cm³/mol. The van der Waals surface area contributed by atoms with Crippen LogP contribution >= 0.6 is 11.6 Å². The maximum absolute atomic E-state index is 5.95. The first-order chi connectivity index (χ1) is 8.13. The van der Waals surface area contributed by atoms with Crippen LogP contribution in [0.15, 0.2) is 42.5 Å². The van der Waals surface area contributed by atoms with Gasteiger partial charge in [-0.3, -0.25) is 0 Å². The molecule has 0 aromatic heterocycles. The molecule has 0 aliphatic carbocycles. The summed E-state index contributed by atoms with van der Waals surface area (Å²) in [6, 6.07) is 14.4. The van der Waals surface area contributed by atoms with Crippen molar-refractivity contribution < 1.29 is 0 Å². The molecule has 0 unspecified atom stereocenters. The molecule has 0 fully saturated rings. The van der Waals surface area contributed by atoms with Crippen LogP contribution in [0.2, 0.25) is 5.02 Å². The zero-order valence-corrected chi connectivity index (χ0v) is 10.9. The Labute approximate surface area is 107 Å². The van der Waals surface area contributed by atoms with Crippen molar-refractivity contribution in [3.63, 3.8) is 0 Å². The number of aryl methyl sites for hydroxylation is 2. The molecular weight excluding hydrogens is 230 g/mol. The fraction of sp³-hybridized carbons (Fsp3) is 0.200. The van der Waals surface area contributed by atoms with E-state index in [1.807, 2.05) is 18.2 Å². The molecule has 88 valence electrons. The number of anilines is 1. The van der Waals surface area contributed by atoms with Crippen LogP contribution < -0.4 is 5.32 Å². The van der Waals surface area contributed by atoms with E-state index in [-0.39, 0.29) is 0 Å². The van der Waals surface area contributed by atoms with Gasteiger partial charge in [0.2, 0.25) is 0 Å². The van der Waals surface area contributed by atoms with Crippen molar-refractivity contribution in [2.75, 3.05) is 5.32 Å². The summed E-state index contributed by atoms with van der Waals surface area (Å²) in [5, 5.41) is 4.19. The second kappa shape index (κ2) is 5.24. The third-order valence-corrected chi connectivity index (χ3v) is 2.84. The third kappa shape index (κ3) is 3.50. The summed E-state index contributed by atoms with van der Waals surface area (Å²) in [4.78, 5) is 0. The zero-order chi connectivity index (χ0) is 12.3. The number of nitrogens with one attached hydrogen (secondary N) is 1. The molecule has 2 aromatic rings. The highest BCUT2D eigenvalue weighted by Gasteiger charge is 1.97. The summed E-state index contributed by atoms with van der Waals surface area (Å²) < 4.78 is 0. The van der Waals surface area contributed by atoms with Gasteiger partial charge in [-0.1, -0.05) is 29.8 Å². The first-order valence-corrected chi connectivity index (χ1v) is 6.08. The van der Waals surface area contributed by atoms with Gasteiger partial charge in [0.15, 0.2) is 0 Å². The van der Waals surface area contributed by atoms with E-state index >= 15 is 0 Å². The van der Waals surface area contributed by atoms with E-state index in [0.717, 1.165) is 17.3 Å². The highest BCUT2D eigenvalue weighted by Crippen LogP contribution is 2.16. The van der Waals surface area contributed by atoms with Crippen molar-refractivity contribution in [2.24, 2.45) is 0 Å². The second-order valence-corrected chi connectivity index (χ2v) is 4.80. The number of rotatable bonds is 3. The summed E-state index contributed by atoms with van der Waals surface area (Å²) >= 11 is 5.95. The van der Waals surface area contributed by atoms with Gasteiger partial charge < -0.3 is 5.32 Å². The lowest BCUT2D eigenvalue weighted by Gasteiger charge is -2.09. The van der Waals surface area contributed by atoms with Crippen LogP contribution in [0.5, 0.6) is 0 Å². The monoisotopic (exact) mass is 245 g/mol. The molecule has 0 spiro atoms. The molecule has 0 atom stereocenters. The SMILES string of the molecule is Cc1cc(C)cc(NCc2cccc(Cl)c2)c1. The lowest BCUT2D eigenvalue weighted by Crippen LogP contribution is -1.99. The maximum atomic E-state index is 5.95. The van der Waals surface area contributed by atoms with Crippen molar-refractivity contribution in [2.45, 2.75) is 20.4 Å². The van der Waals surface area contributed by atoms with Crippen LogP contribution in [-0.2, 0) is 6.54 Å². The Kier molecular flexibility index (Phi) is 3.70. The normalized spacial score (nSPS) is 10.3. The van der Waals surface area contributed by atoms with Gasteiger partial charge in [0, 0.05) is 17.3 Å². The molecule has 17 heavy (non-hydrogen) atoms. The van der Waals surface area contributed by atoms with Crippen LogP contribution in [0.3, 0.4) is 0 Å². The molecule has 1 N–H and O–H groups in total. The van der Waals surface area contributed by atoms with E-state index < -0.39 is 0 Å². The van der Waals surface area contributed by atoms with Crippen LogP contribution in [0.25, 0.3) is 0 Å². The van der Waals surface area contributed by atoms with Gasteiger partial charge in [-0.15, -0.1) is 0 Å². The Hall–Kier alpha value is -1.47. The van der Waals surface area contributed by atoms with Gasteiger partial charge >= 0.3 is 0 Å². The van der Waals surface area contributed by atoms with Crippen LogP contribution in [0.1, 0.15) is 16.7 Å². The summed E-state index contributed by atoms with van der Waals surface area (Å²) in [6.07, 6.45) is 0. The van der Waals surface area contributed by atoms with Gasteiger partial charge in [0.05, 0.1) is 0 Å². The average Bonchev–Trinajstić information content (AvgIpc) is 2.25. The van der Waals surface area contributed by atoms with E-state index in [0.29, 0.717) is 0 Å². The molecule has 2 aromatic carbocycles. The summed E-state index contributed by atoms with van der Waals surface area (Å²) in [6.45, 7) is 5.01. The topological polar surface area (TPSA) is 12.0 Å². The van der Waals surface area contributed by atoms with Crippen molar-refractivity contribution >= 4 is 17.3 Å². The maximum Gasteiger partial charge on any atom is 0.0409 e. The summed E-state index contributed by atoms with van der Waals surface area (Å²) in [5.74, 6) is 0. The fourth-order valence-electron chi connectivity index (χ4n) is 1.93. The molecule has 0 bridgehead atoms. The van der Waals surface area contributed by atoms with Gasteiger partial charge in [-0.25, -0.2) is 0 Å². The van der Waals surface area contributed by atoms with Crippen LogP contribution in [0, 0.1) is 13.8 Å². The highest BCUT2D eigenvalue weighted by molar-refractivity contribution is 6.30. The van der Waals surface area contributed by atoms with Crippen molar-refractivity contribution in [3.8, 4) is 0 Å². The fourth-order valence-corrected chi connectivity index (χ4v) is 2.14. The molecular formula is C15H16ClN. The lowest BCUT2D eigenvalue weighted by atomic mass is 10.1. The first kappa shape index (κ1) is 12.0. The zero-order valence-electron chi connectivity index (χ0n) is 10.1. The van der Waals surface area contributed by atoms with E-state index in [4.69, 9.17) is 11.6 Å². The van der Waals surface area contributed by atoms with Gasteiger partial charge in [0.25, 0.3) is 0 Å². The lowest BCUT2D eigenvalue weighted by molar-refractivity contribution is 1.14. The van der Waals surface area contributed by atoms with E-state index in [9.17, 15) is 0 Å². The average molecular weight is 246 g/mol. The quantitative estimate of drug-likeness (QED) is 0.835. The Bertz CT molecular complexity index is 500. The van der Waals surface area contributed by atoms with E-state index in [1.54, 1.807) is 0 Å².